The van der Waals surface area contributed by atoms with Crippen LogP contribution >= 0.6 is 0 Å². The van der Waals surface area contributed by atoms with Crippen molar-refractivity contribution in [2.75, 3.05) is 17.2 Å². The third-order valence-corrected chi connectivity index (χ3v) is 3.76. The highest BCUT2D eigenvalue weighted by Gasteiger charge is 2.12. The Morgan fingerprint density at radius 2 is 1.96 bits per heavy atom. The number of hydrogen-bond acceptors (Lipinski definition) is 5. The Morgan fingerprint density at radius 3 is 2.50 bits per heavy atom. The molecule has 0 aliphatic rings. The third kappa shape index (κ3) is 4.31. The van der Waals surface area contributed by atoms with Gasteiger partial charge in [-0.1, -0.05) is 0 Å². The first-order valence-corrected chi connectivity index (χ1v) is 7.67. The second-order valence-electron chi connectivity index (χ2n) is 5.55. The minimum Gasteiger partial charge on any atom is -0.385 e. The van der Waals surface area contributed by atoms with Crippen LogP contribution in [-0.2, 0) is 11.8 Å². The monoisotopic (exact) mass is 331 g/mol. The van der Waals surface area contributed by atoms with Crippen molar-refractivity contribution >= 4 is 23.0 Å². The molecule has 1 amide bonds. The highest BCUT2D eigenvalue weighted by molar-refractivity contribution is 5.91. The first-order valence-electron chi connectivity index (χ1n) is 7.67. The van der Waals surface area contributed by atoms with Crippen LogP contribution in [0.15, 0.2) is 24.3 Å². The van der Waals surface area contributed by atoms with Crippen molar-refractivity contribution in [3.8, 4) is 0 Å². The van der Waals surface area contributed by atoms with Crippen molar-refractivity contribution in [2.24, 2.45) is 7.05 Å². The predicted molar refractivity (Wildman–Crippen MR) is 92.1 cm³/mol. The van der Waals surface area contributed by atoms with E-state index >= 15 is 0 Å². The number of amides is 1. The zero-order valence-corrected chi connectivity index (χ0v) is 14.0. The summed E-state index contributed by atoms with van der Waals surface area (Å²) < 4.78 is 1.74. The van der Waals surface area contributed by atoms with Crippen molar-refractivity contribution in [2.45, 2.75) is 26.7 Å². The van der Waals surface area contributed by atoms with E-state index in [1.807, 2.05) is 20.9 Å². The zero-order valence-electron chi connectivity index (χ0n) is 14.0. The largest absolute Gasteiger partial charge is 0.385 e. The molecule has 8 nitrogen and oxygen atoms in total. The summed E-state index contributed by atoms with van der Waals surface area (Å²) in [5.41, 5.74) is 3.34. The van der Waals surface area contributed by atoms with Crippen LogP contribution in [0.4, 0.5) is 17.1 Å². The average molecular weight is 331 g/mol. The molecule has 24 heavy (non-hydrogen) atoms. The summed E-state index contributed by atoms with van der Waals surface area (Å²) in [6.45, 7) is 4.38. The SMILES string of the molecule is Cc1nn(C)c(C)c1NC(=O)CCCNc1ccc([N+](=O)[O-])cc1. The molecule has 2 N–H and O–H groups in total. The van der Waals surface area contributed by atoms with Crippen LogP contribution in [0, 0.1) is 24.0 Å². The first kappa shape index (κ1) is 17.5. The smallest absolute Gasteiger partial charge is 0.269 e. The van der Waals surface area contributed by atoms with Crippen molar-refractivity contribution in [1.29, 1.82) is 0 Å². The minimum absolute atomic E-state index is 0.0558. The van der Waals surface area contributed by atoms with E-state index in [0.29, 0.717) is 19.4 Å². The number of nitrogens with one attached hydrogen (secondary N) is 2. The highest BCUT2D eigenvalue weighted by atomic mass is 16.6. The number of carbonyl (C=O) groups excluding carboxylic acids is 1. The molecule has 0 spiro atoms. The van der Waals surface area contributed by atoms with Gasteiger partial charge in [0, 0.05) is 37.8 Å². The number of non-ortho nitro benzene ring substituents is 1. The number of carbonyl (C=O) groups is 1. The highest BCUT2D eigenvalue weighted by Crippen LogP contribution is 2.19. The van der Waals surface area contributed by atoms with Gasteiger partial charge in [-0.25, -0.2) is 0 Å². The third-order valence-electron chi connectivity index (χ3n) is 3.76. The number of benzene rings is 1. The Kier molecular flexibility index (Phi) is 5.51. The average Bonchev–Trinajstić information content (AvgIpc) is 2.78. The van der Waals surface area contributed by atoms with Crippen molar-refractivity contribution in [3.05, 3.63) is 45.8 Å². The molecule has 0 radical (unpaired) electrons. The Morgan fingerprint density at radius 1 is 1.29 bits per heavy atom. The summed E-state index contributed by atoms with van der Waals surface area (Å²) in [6, 6.07) is 6.20. The lowest BCUT2D eigenvalue weighted by Crippen LogP contribution is -2.14. The van der Waals surface area contributed by atoms with Crippen LogP contribution in [0.3, 0.4) is 0 Å². The van der Waals surface area contributed by atoms with E-state index in [1.165, 1.54) is 12.1 Å². The maximum Gasteiger partial charge on any atom is 0.269 e. The van der Waals surface area contributed by atoms with E-state index in [-0.39, 0.29) is 11.6 Å². The van der Waals surface area contributed by atoms with Gasteiger partial charge in [-0.2, -0.15) is 5.10 Å². The Bertz CT molecular complexity index is 737. The fourth-order valence-electron chi connectivity index (χ4n) is 2.34. The second kappa shape index (κ2) is 7.58. The number of nitrogens with zero attached hydrogens (tertiary/aromatic N) is 3. The van der Waals surface area contributed by atoms with E-state index < -0.39 is 4.92 Å². The molecule has 0 unspecified atom stereocenters. The molecule has 1 heterocycles. The maximum atomic E-state index is 12.0. The van der Waals surface area contributed by atoms with Crippen molar-refractivity contribution < 1.29 is 9.72 Å². The maximum absolute atomic E-state index is 12.0. The lowest BCUT2D eigenvalue weighted by molar-refractivity contribution is -0.384. The van der Waals surface area contributed by atoms with Gasteiger partial charge in [-0.15, -0.1) is 0 Å². The summed E-state index contributed by atoms with van der Waals surface area (Å²) in [5, 5.41) is 20.9. The van der Waals surface area contributed by atoms with E-state index in [9.17, 15) is 14.9 Å². The molecule has 0 bridgehead atoms. The van der Waals surface area contributed by atoms with E-state index in [2.05, 4.69) is 15.7 Å². The van der Waals surface area contributed by atoms with Gasteiger partial charge in [0.2, 0.25) is 5.91 Å². The topological polar surface area (TPSA) is 102 Å². The van der Waals surface area contributed by atoms with Gasteiger partial charge in [0.05, 0.1) is 22.0 Å². The number of hydrogen-bond donors (Lipinski definition) is 2. The summed E-state index contributed by atoms with van der Waals surface area (Å²) in [5.74, 6) is -0.0558. The van der Waals surface area contributed by atoms with Gasteiger partial charge in [-0.05, 0) is 32.4 Å². The standard InChI is InChI=1S/C16H21N5O3/c1-11-16(12(2)20(3)19-11)18-15(22)5-4-10-17-13-6-8-14(9-7-13)21(23)24/h6-9,17H,4-5,10H2,1-3H3,(H,18,22). The lowest BCUT2D eigenvalue weighted by atomic mass is 10.2. The van der Waals surface area contributed by atoms with E-state index in [4.69, 9.17) is 0 Å². The van der Waals surface area contributed by atoms with Gasteiger partial charge >= 0.3 is 0 Å². The molecule has 2 aromatic rings. The molecule has 0 saturated carbocycles. The van der Waals surface area contributed by atoms with Crippen LogP contribution in [0.5, 0.6) is 0 Å². The quantitative estimate of drug-likeness (QED) is 0.461. The van der Waals surface area contributed by atoms with Crippen molar-refractivity contribution in [3.63, 3.8) is 0 Å². The van der Waals surface area contributed by atoms with Gasteiger partial charge in [0.1, 0.15) is 0 Å². The van der Waals surface area contributed by atoms with Crippen LogP contribution in [0.2, 0.25) is 0 Å². The fraction of sp³-hybridized carbons (Fsp3) is 0.375. The normalized spacial score (nSPS) is 10.5. The molecule has 1 aromatic carbocycles. The number of aromatic nitrogens is 2. The Balaban J connectivity index is 1.75. The molecule has 0 saturated heterocycles. The summed E-state index contributed by atoms with van der Waals surface area (Å²) in [6.07, 6.45) is 1.04. The Hall–Kier alpha value is -2.90. The van der Waals surface area contributed by atoms with Crippen LogP contribution in [0.25, 0.3) is 0 Å². The molecular formula is C16H21N5O3. The van der Waals surface area contributed by atoms with Crippen molar-refractivity contribution in [1.82, 2.24) is 9.78 Å². The number of anilines is 2. The molecule has 2 rings (SSSR count). The molecule has 0 fully saturated rings. The molecule has 1 aromatic heterocycles. The molecule has 0 aliphatic carbocycles. The van der Waals surface area contributed by atoms with Crippen LogP contribution < -0.4 is 10.6 Å². The molecular weight excluding hydrogens is 310 g/mol. The Labute approximate surface area is 140 Å². The van der Waals surface area contributed by atoms with Crippen LogP contribution in [-0.4, -0.2) is 27.2 Å². The van der Waals surface area contributed by atoms with Gasteiger partial charge < -0.3 is 10.6 Å². The molecule has 8 heteroatoms. The predicted octanol–water partition coefficient (Wildman–Crippen LogP) is 2.78. The van der Waals surface area contributed by atoms with Gasteiger partial charge in [-0.3, -0.25) is 19.6 Å². The number of rotatable bonds is 7. The summed E-state index contributed by atoms with van der Waals surface area (Å²) in [7, 11) is 1.84. The number of nitro groups is 1. The van der Waals surface area contributed by atoms with Crippen LogP contribution in [0.1, 0.15) is 24.2 Å². The summed E-state index contributed by atoms with van der Waals surface area (Å²) in [4.78, 5) is 22.2. The number of nitro benzene ring substituents is 1. The molecule has 0 aliphatic heterocycles. The van der Waals surface area contributed by atoms with Gasteiger partial charge in [0.15, 0.2) is 0 Å². The molecule has 0 atom stereocenters. The number of aryl methyl sites for hydroxylation is 2. The van der Waals surface area contributed by atoms with Gasteiger partial charge in [0.25, 0.3) is 5.69 Å². The first-order chi connectivity index (χ1) is 11.4. The van der Waals surface area contributed by atoms with E-state index in [0.717, 1.165) is 22.8 Å². The second-order valence-corrected chi connectivity index (χ2v) is 5.55. The lowest BCUT2D eigenvalue weighted by Gasteiger charge is -2.07. The van der Waals surface area contributed by atoms with E-state index in [1.54, 1.807) is 16.8 Å². The minimum atomic E-state index is -0.434. The summed E-state index contributed by atoms with van der Waals surface area (Å²) >= 11 is 0. The molecule has 128 valence electrons. The zero-order chi connectivity index (χ0) is 17.7. The fourth-order valence-corrected chi connectivity index (χ4v) is 2.34.